The van der Waals surface area contributed by atoms with Crippen molar-refractivity contribution in [3.63, 3.8) is 0 Å². The summed E-state index contributed by atoms with van der Waals surface area (Å²) in [6.07, 6.45) is 0. The van der Waals surface area contributed by atoms with Crippen LogP contribution in [-0.2, 0) is 11.4 Å². The lowest BCUT2D eigenvalue weighted by Gasteiger charge is -2.13. The van der Waals surface area contributed by atoms with E-state index in [9.17, 15) is 19.2 Å². The normalized spacial score (nSPS) is 12.6. The lowest BCUT2D eigenvalue weighted by molar-refractivity contribution is -0.0584. The van der Waals surface area contributed by atoms with E-state index < -0.39 is 17.8 Å². The number of nitrogens with one attached hydrogen (secondary N) is 1. The van der Waals surface area contributed by atoms with Gasteiger partial charge in [-0.05, 0) is 41.3 Å². The van der Waals surface area contributed by atoms with Gasteiger partial charge in [-0.15, -0.1) is 11.3 Å². The fourth-order valence-electron chi connectivity index (χ4n) is 2.82. The highest BCUT2D eigenvalue weighted by molar-refractivity contribution is 7.12. The van der Waals surface area contributed by atoms with Crippen molar-refractivity contribution in [1.29, 1.82) is 0 Å². The van der Waals surface area contributed by atoms with Crippen LogP contribution in [0.1, 0.15) is 46.3 Å². The first-order valence-electron chi connectivity index (χ1n) is 8.65. The Morgan fingerprint density at radius 3 is 2.14 bits per heavy atom. The molecule has 1 aromatic heterocycles. The van der Waals surface area contributed by atoms with E-state index in [-0.39, 0.29) is 22.6 Å². The summed E-state index contributed by atoms with van der Waals surface area (Å²) in [4.78, 5) is 54.5. The van der Waals surface area contributed by atoms with E-state index in [0.717, 1.165) is 5.56 Å². The SMILES string of the molecule is O=C(ON1C(=O)c2ccccc2C1=O)c1ccc(CNC(=O)c2cccs2)cc1. The number of carbonyl (C=O) groups is 4. The van der Waals surface area contributed by atoms with Crippen LogP contribution in [0, 0.1) is 0 Å². The number of hydrogen-bond donors (Lipinski definition) is 1. The van der Waals surface area contributed by atoms with Crippen LogP contribution in [0.25, 0.3) is 0 Å². The van der Waals surface area contributed by atoms with E-state index in [4.69, 9.17) is 4.84 Å². The summed E-state index contributed by atoms with van der Waals surface area (Å²) >= 11 is 1.35. The van der Waals surface area contributed by atoms with Crippen LogP contribution in [0.5, 0.6) is 0 Å². The van der Waals surface area contributed by atoms with Gasteiger partial charge in [-0.2, -0.15) is 0 Å². The first-order valence-corrected chi connectivity index (χ1v) is 9.53. The second-order valence-electron chi connectivity index (χ2n) is 6.19. The lowest BCUT2D eigenvalue weighted by atomic mass is 10.1. The molecule has 3 amide bonds. The Morgan fingerprint density at radius 1 is 0.897 bits per heavy atom. The molecule has 0 aliphatic carbocycles. The van der Waals surface area contributed by atoms with Gasteiger partial charge in [0.1, 0.15) is 0 Å². The molecule has 0 unspecified atom stereocenters. The number of hydrogen-bond acceptors (Lipinski definition) is 6. The number of carbonyl (C=O) groups excluding carboxylic acids is 4. The molecule has 2 heterocycles. The van der Waals surface area contributed by atoms with E-state index >= 15 is 0 Å². The van der Waals surface area contributed by atoms with Crippen LogP contribution in [0.2, 0.25) is 0 Å². The van der Waals surface area contributed by atoms with Crippen molar-refractivity contribution >= 4 is 35.0 Å². The fraction of sp³-hybridized carbons (Fsp3) is 0.0476. The predicted molar refractivity (Wildman–Crippen MR) is 104 cm³/mol. The zero-order chi connectivity index (χ0) is 20.4. The summed E-state index contributed by atoms with van der Waals surface area (Å²) < 4.78 is 0. The fourth-order valence-corrected chi connectivity index (χ4v) is 3.46. The lowest BCUT2D eigenvalue weighted by Crippen LogP contribution is -2.32. The maximum Gasteiger partial charge on any atom is 0.363 e. The third-order valence-electron chi connectivity index (χ3n) is 4.32. The van der Waals surface area contributed by atoms with Gasteiger partial charge in [-0.25, -0.2) is 4.79 Å². The van der Waals surface area contributed by atoms with Gasteiger partial charge >= 0.3 is 5.97 Å². The van der Waals surface area contributed by atoms with Crippen molar-refractivity contribution in [2.75, 3.05) is 0 Å². The zero-order valence-corrected chi connectivity index (χ0v) is 15.8. The molecule has 0 radical (unpaired) electrons. The van der Waals surface area contributed by atoms with Crippen LogP contribution < -0.4 is 5.32 Å². The molecule has 1 aliphatic heterocycles. The minimum absolute atomic E-state index is 0.172. The summed E-state index contributed by atoms with van der Waals surface area (Å²) in [5.41, 5.74) is 1.35. The van der Waals surface area contributed by atoms with Crippen LogP contribution in [0.15, 0.2) is 66.0 Å². The highest BCUT2D eigenvalue weighted by Crippen LogP contribution is 2.23. The number of thiophene rings is 1. The molecule has 3 aromatic rings. The Kier molecular flexibility index (Phi) is 4.92. The molecule has 0 spiro atoms. The van der Waals surface area contributed by atoms with Gasteiger partial charge in [-0.3, -0.25) is 14.4 Å². The molecule has 1 aliphatic rings. The Bertz CT molecular complexity index is 1070. The summed E-state index contributed by atoms with van der Waals surface area (Å²) in [5.74, 6) is -2.35. The van der Waals surface area contributed by atoms with Gasteiger partial charge in [0.2, 0.25) is 0 Å². The maximum absolute atomic E-state index is 12.3. The minimum Gasteiger partial charge on any atom is -0.347 e. The maximum atomic E-state index is 12.3. The van der Waals surface area contributed by atoms with Crippen LogP contribution >= 0.6 is 11.3 Å². The van der Waals surface area contributed by atoms with Crippen LogP contribution in [0.4, 0.5) is 0 Å². The van der Waals surface area contributed by atoms with E-state index in [1.54, 1.807) is 36.4 Å². The van der Waals surface area contributed by atoms with Gasteiger partial charge < -0.3 is 10.2 Å². The van der Waals surface area contributed by atoms with Crippen molar-refractivity contribution in [3.05, 3.63) is 93.2 Å². The molecule has 2 aromatic carbocycles. The highest BCUT2D eigenvalue weighted by Gasteiger charge is 2.38. The van der Waals surface area contributed by atoms with E-state index in [1.807, 2.05) is 5.38 Å². The van der Waals surface area contributed by atoms with E-state index in [0.29, 0.717) is 16.5 Å². The first kappa shape index (κ1) is 18.6. The van der Waals surface area contributed by atoms with Crippen molar-refractivity contribution in [3.8, 4) is 0 Å². The average Bonchev–Trinajstić information content (AvgIpc) is 3.37. The topological polar surface area (TPSA) is 92.8 Å². The van der Waals surface area contributed by atoms with Crippen molar-refractivity contribution in [2.45, 2.75) is 6.54 Å². The molecule has 4 rings (SSSR count). The molecule has 0 saturated heterocycles. The average molecular weight is 406 g/mol. The molecule has 0 atom stereocenters. The summed E-state index contributed by atoms with van der Waals surface area (Å²) in [6, 6.07) is 16.1. The Labute approximate surface area is 169 Å². The van der Waals surface area contributed by atoms with Gasteiger partial charge in [0, 0.05) is 6.54 Å². The second kappa shape index (κ2) is 7.69. The van der Waals surface area contributed by atoms with Gasteiger partial charge in [0.15, 0.2) is 0 Å². The van der Waals surface area contributed by atoms with Gasteiger partial charge in [0.05, 0.1) is 21.6 Å². The van der Waals surface area contributed by atoms with Crippen LogP contribution in [-0.4, -0.2) is 28.8 Å². The molecule has 0 fully saturated rings. The molecule has 1 N–H and O–H groups in total. The Morgan fingerprint density at radius 2 is 1.55 bits per heavy atom. The molecule has 144 valence electrons. The number of rotatable bonds is 5. The number of benzene rings is 2. The molecule has 7 nitrogen and oxygen atoms in total. The summed E-state index contributed by atoms with van der Waals surface area (Å²) in [7, 11) is 0. The minimum atomic E-state index is -0.825. The molecule has 29 heavy (non-hydrogen) atoms. The Hall–Kier alpha value is -3.78. The van der Waals surface area contributed by atoms with Crippen LogP contribution in [0.3, 0.4) is 0 Å². The largest absolute Gasteiger partial charge is 0.363 e. The third kappa shape index (κ3) is 3.65. The number of hydroxylamine groups is 2. The molecular weight excluding hydrogens is 392 g/mol. The molecule has 0 saturated carbocycles. The van der Waals surface area contributed by atoms with E-state index in [1.165, 1.54) is 35.6 Å². The number of amides is 3. The quantitative estimate of drug-likeness (QED) is 0.658. The number of imide groups is 1. The van der Waals surface area contributed by atoms with Crippen molar-refractivity contribution in [2.24, 2.45) is 0 Å². The highest BCUT2D eigenvalue weighted by atomic mass is 32.1. The number of fused-ring (bicyclic) bond motifs is 1. The molecule has 0 bridgehead atoms. The third-order valence-corrected chi connectivity index (χ3v) is 5.19. The second-order valence-corrected chi connectivity index (χ2v) is 7.13. The number of nitrogens with zero attached hydrogens (tertiary/aromatic N) is 1. The smallest absolute Gasteiger partial charge is 0.347 e. The van der Waals surface area contributed by atoms with Gasteiger partial charge in [0.25, 0.3) is 17.7 Å². The van der Waals surface area contributed by atoms with Crippen molar-refractivity contribution < 1.29 is 24.0 Å². The summed E-state index contributed by atoms with van der Waals surface area (Å²) in [5, 5.41) is 5.09. The summed E-state index contributed by atoms with van der Waals surface area (Å²) in [6.45, 7) is 0.296. The van der Waals surface area contributed by atoms with Crippen molar-refractivity contribution in [1.82, 2.24) is 10.4 Å². The first-order chi connectivity index (χ1) is 14.0. The zero-order valence-electron chi connectivity index (χ0n) is 15.0. The Balaban J connectivity index is 1.38. The standard InChI is InChI=1S/C21H14N2O5S/c24-18(17-6-3-11-29-17)22-12-13-7-9-14(10-8-13)21(27)28-23-19(25)15-4-1-2-5-16(15)20(23)26/h1-11H,12H2,(H,22,24). The van der Waals surface area contributed by atoms with Gasteiger partial charge in [-0.1, -0.05) is 35.4 Å². The van der Waals surface area contributed by atoms with E-state index in [2.05, 4.69) is 5.32 Å². The monoisotopic (exact) mass is 406 g/mol. The predicted octanol–water partition coefficient (Wildman–Crippen LogP) is 3.05. The molecule has 8 heteroatoms. The molecular formula is C21H14N2O5S.